The molecule has 0 radical (unpaired) electrons. The number of likely N-dealkylation sites (tertiary alicyclic amines) is 1. The van der Waals surface area contributed by atoms with Crippen molar-refractivity contribution in [3.8, 4) is 0 Å². The maximum Gasteiger partial charge on any atom is 0.239 e. The second kappa shape index (κ2) is 10.0. The Kier molecular flexibility index (Phi) is 9.62. The second-order valence-electron chi connectivity index (χ2n) is 6.15. The number of hydrogen-bond acceptors (Lipinski definition) is 3. The molecule has 0 aromatic heterocycles. The van der Waals surface area contributed by atoms with Gasteiger partial charge in [0.1, 0.15) is 0 Å². The molecule has 1 aliphatic heterocycles. The first-order valence-electron chi connectivity index (χ1n) is 7.77. The molecule has 2 amide bonds. The highest BCUT2D eigenvalue weighted by Crippen LogP contribution is 2.18. The van der Waals surface area contributed by atoms with E-state index in [-0.39, 0.29) is 30.1 Å². The summed E-state index contributed by atoms with van der Waals surface area (Å²) < 4.78 is 0. The third-order valence-corrected chi connectivity index (χ3v) is 3.70. The first-order chi connectivity index (χ1) is 9.45. The van der Waals surface area contributed by atoms with Crippen LogP contribution in [0.3, 0.4) is 0 Å². The van der Waals surface area contributed by atoms with Gasteiger partial charge in [0.25, 0.3) is 0 Å². The molecule has 0 aliphatic carbocycles. The van der Waals surface area contributed by atoms with Gasteiger partial charge in [-0.3, -0.25) is 9.59 Å². The lowest BCUT2D eigenvalue weighted by molar-refractivity contribution is -0.137. The van der Waals surface area contributed by atoms with Crippen LogP contribution in [0.2, 0.25) is 0 Å². The molecule has 1 fully saturated rings. The predicted molar refractivity (Wildman–Crippen MR) is 87.3 cm³/mol. The largest absolute Gasteiger partial charge is 0.356 e. The van der Waals surface area contributed by atoms with Gasteiger partial charge in [-0.25, -0.2) is 0 Å². The number of amides is 2. The molecule has 5 nitrogen and oxygen atoms in total. The van der Waals surface area contributed by atoms with Crippen LogP contribution >= 0.6 is 12.4 Å². The van der Waals surface area contributed by atoms with Crippen LogP contribution in [0.15, 0.2) is 0 Å². The molecule has 0 saturated carbocycles. The number of nitrogens with one attached hydrogen (secondary N) is 1. The van der Waals surface area contributed by atoms with Crippen LogP contribution in [-0.4, -0.2) is 42.4 Å². The maximum absolute atomic E-state index is 12.3. The van der Waals surface area contributed by atoms with E-state index in [1.54, 1.807) is 4.90 Å². The number of carbonyl (C=O) groups is 2. The lowest BCUT2D eigenvalue weighted by Crippen LogP contribution is -2.50. The van der Waals surface area contributed by atoms with E-state index in [0.717, 1.165) is 25.8 Å². The zero-order valence-electron chi connectivity index (χ0n) is 13.4. The van der Waals surface area contributed by atoms with E-state index in [4.69, 9.17) is 5.73 Å². The van der Waals surface area contributed by atoms with Crippen molar-refractivity contribution >= 4 is 24.2 Å². The van der Waals surface area contributed by atoms with Gasteiger partial charge in [0.05, 0.1) is 12.0 Å². The molecule has 1 unspecified atom stereocenters. The van der Waals surface area contributed by atoms with E-state index in [9.17, 15) is 9.59 Å². The number of rotatable bonds is 6. The maximum atomic E-state index is 12.3. The highest BCUT2D eigenvalue weighted by molar-refractivity contribution is 5.85. The van der Waals surface area contributed by atoms with Gasteiger partial charge in [0, 0.05) is 19.6 Å². The van der Waals surface area contributed by atoms with Crippen molar-refractivity contribution in [3.05, 3.63) is 0 Å². The summed E-state index contributed by atoms with van der Waals surface area (Å²) in [6.45, 7) is 8.09. The topological polar surface area (TPSA) is 75.4 Å². The molecular formula is C15H30ClN3O2. The third-order valence-electron chi connectivity index (χ3n) is 3.70. The van der Waals surface area contributed by atoms with E-state index < -0.39 is 6.04 Å². The van der Waals surface area contributed by atoms with Crippen LogP contribution in [0.5, 0.6) is 0 Å². The van der Waals surface area contributed by atoms with Crippen molar-refractivity contribution in [2.75, 3.05) is 19.6 Å². The van der Waals surface area contributed by atoms with Gasteiger partial charge in [0.15, 0.2) is 0 Å². The molecule has 3 N–H and O–H groups in total. The van der Waals surface area contributed by atoms with Crippen LogP contribution < -0.4 is 11.1 Å². The van der Waals surface area contributed by atoms with E-state index in [0.29, 0.717) is 25.4 Å². The number of piperidine rings is 1. The summed E-state index contributed by atoms with van der Waals surface area (Å²) in [5.41, 5.74) is 5.96. The zero-order valence-corrected chi connectivity index (χ0v) is 14.2. The number of nitrogens with two attached hydrogens (primary N) is 1. The molecular weight excluding hydrogens is 290 g/mol. The lowest BCUT2D eigenvalue weighted by Gasteiger charge is -2.34. The van der Waals surface area contributed by atoms with Crippen LogP contribution in [-0.2, 0) is 9.59 Å². The summed E-state index contributed by atoms with van der Waals surface area (Å²) in [5.74, 6) is 0.390. The van der Waals surface area contributed by atoms with Crippen molar-refractivity contribution in [1.29, 1.82) is 0 Å². The predicted octanol–water partition coefficient (Wildman–Crippen LogP) is 1.55. The molecule has 124 valence electrons. The van der Waals surface area contributed by atoms with Crippen molar-refractivity contribution < 1.29 is 9.59 Å². The molecule has 1 heterocycles. The average Bonchev–Trinajstić information content (AvgIpc) is 2.43. The Labute approximate surface area is 134 Å². The van der Waals surface area contributed by atoms with Gasteiger partial charge < -0.3 is 16.0 Å². The molecule has 0 bridgehead atoms. The van der Waals surface area contributed by atoms with Gasteiger partial charge in [-0.05, 0) is 31.6 Å². The standard InChI is InChI=1S/C15H29N3O2.ClH/c1-4-7-17-14(19)12-6-5-8-18(10-12)15(20)13(16)9-11(2)3;/h11-13H,4-10,16H2,1-3H3,(H,17,19);1H/t12?,13-;/m0./s1. The van der Waals surface area contributed by atoms with Crippen molar-refractivity contribution in [3.63, 3.8) is 0 Å². The minimum Gasteiger partial charge on any atom is -0.356 e. The lowest BCUT2D eigenvalue weighted by atomic mass is 9.95. The fraction of sp³-hybridized carbons (Fsp3) is 0.867. The van der Waals surface area contributed by atoms with Gasteiger partial charge in [-0.15, -0.1) is 12.4 Å². The number of carbonyl (C=O) groups excluding carboxylic acids is 2. The highest BCUT2D eigenvalue weighted by atomic mass is 35.5. The van der Waals surface area contributed by atoms with Gasteiger partial charge >= 0.3 is 0 Å². The number of nitrogens with zero attached hydrogens (tertiary/aromatic N) is 1. The van der Waals surface area contributed by atoms with Crippen LogP contribution in [0.4, 0.5) is 0 Å². The highest BCUT2D eigenvalue weighted by Gasteiger charge is 2.30. The minimum atomic E-state index is -0.438. The SMILES string of the molecule is CCCNC(=O)C1CCCN(C(=O)[C@@H](N)CC(C)C)C1.Cl. The Bertz CT molecular complexity index is 337. The average molecular weight is 320 g/mol. The Morgan fingerprint density at radius 3 is 2.62 bits per heavy atom. The Hall–Kier alpha value is -0.810. The third kappa shape index (κ3) is 6.66. The monoisotopic (exact) mass is 319 g/mol. The molecule has 21 heavy (non-hydrogen) atoms. The molecule has 0 aromatic rings. The molecule has 2 atom stereocenters. The number of halogens is 1. The molecule has 0 aromatic carbocycles. The second-order valence-corrected chi connectivity index (χ2v) is 6.15. The normalized spacial score (nSPS) is 19.9. The van der Waals surface area contributed by atoms with E-state index in [2.05, 4.69) is 19.2 Å². The smallest absolute Gasteiger partial charge is 0.239 e. The minimum absolute atomic E-state index is 0. The zero-order chi connectivity index (χ0) is 15.1. The summed E-state index contributed by atoms with van der Waals surface area (Å²) in [4.78, 5) is 26.0. The number of hydrogen-bond donors (Lipinski definition) is 2. The van der Waals surface area contributed by atoms with Crippen molar-refractivity contribution in [2.24, 2.45) is 17.6 Å². The van der Waals surface area contributed by atoms with Crippen LogP contribution in [0.1, 0.15) is 46.5 Å². The first-order valence-corrected chi connectivity index (χ1v) is 7.77. The molecule has 1 saturated heterocycles. The van der Waals surface area contributed by atoms with E-state index in [1.807, 2.05) is 6.92 Å². The fourth-order valence-corrected chi connectivity index (χ4v) is 2.63. The summed E-state index contributed by atoms with van der Waals surface area (Å²) in [7, 11) is 0. The fourth-order valence-electron chi connectivity index (χ4n) is 2.63. The summed E-state index contributed by atoms with van der Waals surface area (Å²) in [5, 5.41) is 2.91. The quantitative estimate of drug-likeness (QED) is 0.780. The van der Waals surface area contributed by atoms with Gasteiger partial charge in [0.2, 0.25) is 11.8 Å². The van der Waals surface area contributed by atoms with Crippen LogP contribution in [0, 0.1) is 11.8 Å². The Morgan fingerprint density at radius 2 is 2.05 bits per heavy atom. The molecule has 1 rings (SSSR count). The van der Waals surface area contributed by atoms with E-state index in [1.165, 1.54) is 0 Å². The Morgan fingerprint density at radius 1 is 1.38 bits per heavy atom. The van der Waals surface area contributed by atoms with Gasteiger partial charge in [-0.1, -0.05) is 20.8 Å². The van der Waals surface area contributed by atoms with Crippen molar-refractivity contribution in [2.45, 2.75) is 52.5 Å². The molecule has 6 heteroatoms. The van der Waals surface area contributed by atoms with Crippen LogP contribution in [0.25, 0.3) is 0 Å². The summed E-state index contributed by atoms with van der Waals surface area (Å²) in [6.07, 6.45) is 3.37. The summed E-state index contributed by atoms with van der Waals surface area (Å²) in [6, 6.07) is -0.438. The summed E-state index contributed by atoms with van der Waals surface area (Å²) >= 11 is 0. The first kappa shape index (κ1) is 20.2. The van der Waals surface area contributed by atoms with E-state index >= 15 is 0 Å². The Balaban J connectivity index is 0.00000400. The molecule has 1 aliphatic rings. The van der Waals surface area contributed by atoms with Gasteiger partial charge in [-0.2, -0.15) is 0 Å². The molecule has 0 spiro atoms. The van der Waals surface area contributed by atoms with Crippen molar-refractivity contribution in [1.82, 2.24) is 10.2 Å².